The van der Waals surface area contributed by atoms with Gasteiger partial charge in [0.15, 0.2) is 0 Å². The number of hydrogen-bond donors (Lipinski definition) is 0. The Morgan fingerprint density at radius 3 is 1.75 bits per heavy atom. The molecule has 0 N–H and O–H groups in total. The summed E-state index contributed by atoms with van der Waals surface area (Å²) in [6, 6.07) is 54.0. The van der Waals surface area contributed by atoms with Crippen molar-refractivity contribution in [2.24, 2.45) is 0 Å². The molecule has 0 atom stereocenters. The fraction of sp³-hybridized carbons (Fsp3) is 0.0909. The second-order valence-electron chi connectivity index (χ2n) is 13.7. The molecule has 7 aromatic carbocycles. The van der Waals surface area contributed by atoms with Gasteiger partial charge in [-0.15, -0.1) is 0 Å². The van der Waals surface area contributed by atoms with E-state index in [0.29, 0.717) is 0 Å². The number of fused-ring (bicyclic) bond motifs is 5. The molecule has 230 valence electrons. The van der Waals surface area contributed by atoms with Gasteiger partial charge in [-0.2, -0.15) is 0 Å². The van der Waals surface area contributed by atoms with E-state index >= 15 is 0 Å². The van der Waals surface area contributed by atoms with E-state index in [9.17, 15) is 0 Å². The Hall–Kier alpha value is -5.74. The fourth-order valence-corrected chi connectivity index (χ4v) is 7.37. The predicted octanol–water partition coefficient (Wildman–Crippen LogP) is 10.0. The van der Waals surface area contributed by atoms with Crippen LogP contribution in [-0.4, -0.2) is 6.71 Å². The van der Waals surface area contributed by atoms with Crippen LogP contribution in [0.2, 0.25) is 0 Å². The molecule has 0 aliphatic carbocycles. The van der Waals surface area contributed by atoms with Crippen LogP contribution in [0, 0.1) is 0 Å². The highest BCUT2D eigenvalue weighted by Gasteiger charge is 2.40. The molecule has 0 aromatic heterocycles. The van der Waals surface area contributed by atoms with Crippen molar-refractivity contribution in [2.75, 3.05) is 4.90 Å². The van der Waals surface area contributed by atoms with Crippen LogP contribution in [-0.2, 0) is 5.41 Å². The standard InChI is InChI=1S/C44H34BNO2/c1-44(2,3)31-22-24-32(25-23-31)46(43-34-16-8-7-15-30(34)21-26-35(43)29-13-5-4-6-14-29)33-27-40-42-41(28-33)48-39-20-12-10-18-37(39)45(42)36-17-9-11-19-38(36)47-40/h4-28H,1-3H3. The van der Waals surface area contributed by atoms with Gasteiger partial charge in [0, 0.05) is 34.2 Å². The molecular weight excluding hydrogens is 585 g/mol. The molecule has 2 heterocycles. The molecule has 0 fully saturated rings. The topological polar surface area (TPSA) is 21.7 Å². The Morgan fingerprint density at radius 1 is 0.521 bits per heavy atom. The summed E-state index contributed by atoms with van der Waals surface area (Å²) in [5.41, 5.74) is 10.2. The van der Waals surface area contributed by atoms with Gasteiger partial charge in [0.1, 0.15) is 23.0 Å². The van der Waals surface area contributed by atoms with Crippen LogP contribution < -0.4 is 30.8 Å². The van der Waals surface area contributed by atoms with Crippen LogP contribution in [0.4, 0.5) is 17.1 Å². The molecule has 3 nitrogen and oxygen atoms in total. The lowest BCUT2D eigenvalue weighted by atomic mass is 9.35. The number of benzene rings is 7. The summed E-state index contributed by atoms with van der Waals surface area (Å²) in [5, 5.41) is 2.35. The van der Waals surface area contributed by atoms with Crippen molar-refractivity contribution >= 4 is 50.9 Å². The molecule has 0 radical (unpaired) electrons. The zero-order chi connectivity index (χ0) is 32.4. The third kappa shape index (κ3) is 4.59. The summed E-state index contributed by atoms with van der Waals surface area (Å²) in [6.45, 7) is 6.79. The lowest BCUT2D eigenvalue weighted by Crippen LogP contribution is -2.57. The van der Waals surface area contributed by atoms with Crippen LogP contribution >= 0.6 is 0 Å². The summed E-state index contributed by atoms with van der Waals surface area (Å²) in [7, 11) is 0. The van der Waals surface area contributed by atoms with Gasteiger partial charge in [0.25, 0.3) is 6.71 Å². The summed E-state index contributed by atoms with van der Waals surface area (Å²) in [5.74, 6) is 3.40. The second-order valence-corrected chi connectivity index (χ2v) is 13.7. The van der Waals surface area contributed by atoms with Crippen molar-refractivity contribution in [3.05, 3.63) is 157 Å². The molecule has 48 heavy (non-hydrogen) atoms. The van der Waals surface area contributed by atoms with E-state index < -0.39 is 0 Å². The average molecular weight is 620 g/mol. The molecule has 0 amide bonds. The Balaban J connectivity index is 1.33. The molecule has 0 spiro atoms. The Labute approximate surface area is 282 Å². The van der Waals surface area contributed by atoms with Crippen molar-refractivity contribution in [3.63, 3.8) is 0 Å². The summed E-state index contributed by atoms with van der Waals surface area (Å²) in [6.07, 6.45) is 0. The average Bonchev–Trinajstić information content (AvgIpc) is 3.12. The van der Waals surface area contributed by atoms with Gasteiger partial charge in [-0.05, 0) is 57.1 Å². The van der Waals surface area contributed by atoms with E-state index in [0.717, 1.165) is 67.6 Å². The second kappa shape index (κ2) is 10.9. The van der Waals surface area contributed by atoms with Gasteiger partial charge in [-0.25, -0.2) is 0 Å². The SMILES string of the molecule is CC(C)(C)c1ccc(N(c2cc3c4c(c2)Oc2ccccc2B4c2ccccc2O3)c2c(-c3ccccc3)ccc3ccccc23)cc1. The molecule has 0 unspecified atom stereocenters. The van der Waals surface area contributed by atoms with Gasteiger partial charge in [-0.1, -0.05) is 136 Å². The first-order chi connectivity index (χ1) is 23.4. The normalized spacial score (nSPS) is 12.8. The third-order valence-electron chi connectivity index (χ3n) is 9.74. The van der Waals surface area contributed by atoms with Gasteiger partial charge in [0.05, 0.1) is 11.4 Å². The predicted molar refractivity (Wildman–Crippen MR) is 200 cm³/mol. The van der Waals surface area contributed by atoms with Crippen molar-refractivity contribution < 1.29 is 9.47 Å². The molecule has 0 saturated heterocycles. The van der Waals surface area contributed by atoms with Crippen LogP contribution in [0.3, 0.4) is 0 Å². The van der Waals surface area contributed by atoms with Gasteiger partial charge in [-0.3, -0.25) is 0 Å². The first-order valence-corrected chi connectivity index (χ1v) is 16.6. The highest BCUT2D eigenvalue weighted by molar-refractivity contribution is 6.98. The van der Waals surface area contributed by atoms with E-state index in [1.165, 1.54) is 16.3 Å². The molecule has 9 rings (SSSR count). The van der Waals surface area contributed by atoms with E-state index in [2.05, 4.69) is 165 Å². The highest BCUT2D eigenvalue weighted by Crippen LogP contribution is 2.48. The van der Waals surface area contributed by atoms with E-state index in [4.69, 9.17) is 9.47 Å². The van der Waals surface area contributed by atoms with Crippen LogP contribution in [0.5, 0.6) is 23.0 Å². The molecule has 2 aliphatic rings. The third-order valence-corrected chi connectivity index (χ3v) is 9.74. The van der Waals surface area contributed by atoms with E-state index in [1.807, 2.05) is 12.1 Å². The van der Waals surface area contributed by atoms with Crippen molar-refractivity contribution in [1.82, 2.24) is 0 Å². The van der Waals surface area contributed by atoms with Crippen LogP contribution in [0.1, 0.15) is 26.3 Å². The number of anilines is 3. The highest BCUT2D eigenvalue weighted by atomic mass is 16.5. The monoisotopic (exact) mass is 619 g/mol. The summed E-state index contributed by atoms with van der Waals surface area (Å²) in [4.78, 5) is 2.39. The summed E-state index contributed by atoms with van der Waals surface area (Å²) >= 11 is 0. The zero-order valence-corrected chi connectivity index (χ0v) is 27.3. The minimum Gasteiger partial charge on any atom is -0.458 e. The molecule has 7 aromatic rings. The van der Waals surface area contributed by atoms with Gasteiger partial charge < -0.3 is 14.4 Å². The molecule has 0 bridgehead atoms. The number of ether oxygens (including phenoxy) is 2. The van der Waals surface area contributed by atoms with Crippen molar-refractivity contribution in [1.29, 1.82) is 0 Å². The Morgan fingerprint density at radius 2 is 1.10 bits per heavy atom. The quantitative estimate of drug-likeness (QED) is 0.183. The lowest BCUT2D eigenvalue weighted by molar-refractivity contribution is 0.465. The number of nitrogens with zero attached hydrogens (tertiary/aromatic N) is 1. The Bertz CT molecular complexity index is 2270. The van der Waals surface area contributed by atoms with Gasteiger partial charge >= 0.3 is 0 Å². The van der Waals surface area contributed by atoms with E-state index in [1.54, 1.807) is 0 Å². The van der Waals surface area contributed by atoms with Gasteiger partial charge in [0.2, 0.25) is 0 Å². The van der Waals surface area contributed by atoms with Crippen LogP contribution in [0.25, 0.3) is 21.9 Å². The maximum Gasteiger partial charge on any atom is 0.260 e. The van der Waals surface area contributed by atoms with Crippen molar-refractivity contribution in [3.8, 4) is 34.1 Å². The lowest BCUT2D eigenvalue weighted by Gasteiger charge is -2.35. The van der Waals surface area contributed by atoms with Crippen molar-refractivity contribution in [2.45, 2.75) is 26.2 Å². The first kappa shape index (κ1) is 28.5. The minimum absolute atomic E-state index is 0.0240. The largest absolute Gasteiger partial charge is 0.458 e. The smallest absolute Gasteiger partial charge is 0.260 e. The molecule has 4 heteroatoms. The first-order valence-electron chi connectivity index (χ1n) is 16.6. The molecule has 2 aliphatic heterocycles. The summed E-state index contributed by atoms with van der Waals surface area (Å²) < 4.78 is 13.5. The zero-order valence-electron chi connectivity index (χ0n) is 27.3. The fourth-order valence-electron chi connectivity index (χ4n) is 7.37. The maximum absolute atomic E-state index is 6.76. The van der Waals surface area contributed by atoms with Crippen LogP contribution in [0.15, 0.2) is 152 Å². The molecule has 0 saturated carbocycles. The Kier molecular flexibility index (Phi) is 6.48. The number of rotatable bonds is 4. The minimum atomic E-state index is 0.0240. The maximum atomic E-state index is 6.76. The molecular formula is C44H34BNO2. The number of hydrogen-bond acceptors (Lipinski definition) is 3. The number of para-hydroxylation sites is 2. The van der Waals surface area contributed by atoms with E-state index in [-0.39, 0.29) is 12.1 Å².